The molecule has 0 bridgehead atoms. The third-order valence-corrected chi connectivity index (χ3v) is 13.9. The summed E-state index contributed by atoms with van der Waals surface area (Å²) in [6.45, 7) is 9.28. The lowest BCUT2D eigenvalue weighted by molar-refractivity contribution is 0.660. The highest BCUT2D eigenvalue weighted by atomic mass is 15.0. The molecule has 0 amide bonds. The SMILES string of the molecule is CC1(C)c2ccccc2-c2ccc(-c3nc(-c4ccc(-c5cccc6c5Cc5c(-c7ccccc7)cccc5-6)cc4)nc(-c4ccc5c(c4)C(C)(C)c4ccccc4-5)n3)cc21. The molecule has 3 aliphatic carbocycles. The minimum absolute atomic E-state index is 0.140. The molecule has 0 saturated carbocycles. The minimum Gasteiger partial charge on any atom is -0.208 e. The normalized spacial score (nSPS) is 14.4. The Morgan fingerprint density at radius 1 is 0.295 bits per heavy atom. The van der Waals surface area contributed by atoms with Crippen molar-refractivity contribution in [3.05, 3.63) is 209 Å². The lowest BCUT2D eigenvalue weighted by Crippen LogP contribution is -2.15. The van der Waals surface area contributed by atoms with Gasteiger partial charge in [-0.1, -0.05) is 191 Å². The second-order valence-electron chi connectivity index (χ2n) is 18.0. The Hall–Kier alpha value is -7.23. The van der Waals surface area contributed by atoms with Crippen LogP contribution in [0.25, 0.3) is 89.8 Å². The molecule has 8 aromatic carbocycles. The monoisotopic (exact) mass is 781 g/mol. The van der Waals surface area contributed by atoms with E-state index in [0.29, 0.717) is 17.5 Å². The highest BCUT2D eigenvalue weighted by Crippen LogP contribution is 2.51. The van der Waals surface area contributed by atoms with E-state index in [1.165, 1.54) is 89.0 Å². The average Bonchev–Trinajstić information content (AvgIpc) is 3.89. The van der Waals surface area contributed by atoms with E-state index in [1.807, 2.05) is 0 Å². The van der Waals surface area contributed by atoms with Crippen molar-refractivity contribution in [2.75, 3.05) is 0 Å². The third-order valence-electron chi connectivity index (χ3n) is 13.9. The van der Waals surface area contributed by atoms with Gasteiger partial charge in [0.15, 0.2) is 17.5 Å². The Balaban J connectivity index is 0.960. The molecule has 61 heavy (non-hydrogen) atoms. The van der Waals surface area contributed by atoms with E-state index in [4.69, 9.17) is 15.0 Å². The fourth-order valence-electron chi connectivity index (χ4n) is 10.6. The van der Waals surface area contributed by atoms with Gasteiger partial charge in [0.2, 0.25) is 0 Å². The van der Waals surface area contributed by atoms with Crippen LogP contribution in [-0.4, -0.2) is 15.0 Å². The summed E-state index contributed by atoms with van der Waals surface area (Å²) in [6, 6.07) is 64.1. The maximum Gasteiger partial charge on any atom is 0.164 e. The van der Waals surface area contributed by atoms with E-state index < -0.39 is 0 Å². The zero-order chi connectivity index (χ0) is 41.0. The number of hydrogen-bond acceptors (Lipinski definition) is 3. The van der Waals surface area contributed by atoms with Crippen molar-refractivity contribution < 1.29 is 0 Å². The summed E-state index contributed by atoms with van der Waals surface area (Å²) in [7, 11) is 0. The van der Waals surface area contributed by atoms with Gasteiger partial charge in [0, 0.05) is 27.5 Å². The molecule has 0 saturated heterocycles. The second-order valence-corrected chi connectivity index (χ2v) is 18.0. The summed E-state index contributed by atoms with van der Waals surface area (Å²) in [4.78, 5) is 15.8. The molecule has 3 heteroatoms. The number of benzene rings is 8. The van der Waals surface area contributed by atoms with Crippen molar-refractivity contribution in [1.82, 2.24) is 15.0 Å². The third kappa shape index (κ3) is 5.40. The van der Waals surface area contributed by atoms with Crippen LogP contribution < -0.4 is 0 Å². The molecular formula is C58H43N3. The first-order chi connectivity index (χ1) is 29.7. The van der Waals surface area contributed by atoms with Gasteiger partial charge in [0.05, 0.1) is 0 Å². The van der Waals surface area contributed by atoms with Gasteiger partial charge in [-0.25, -0.2) is 15.0 Å². The molecule has 0 aliphatic heterocycles. The first-order valence-electron chi connectivity index (χ1n) is 21.4. The van der Waals surface area contributed by atoms with Gasteiger partial charge in [-0.2, -0.15) is 0 Å². The van der Waals surface area contributed by atoms with E-state index in [-0.39, 0.29) is 10.8 Å². The largest absolute Gasteiger partial charge is 0.208 e. The van der Waals surface area contributed by atoms with Gasteiger partial charge in [0.1, 0.15) is 0 Å². The van der Waals surface area contributed by atoms with Gasteiger partial charge in [0.25, 0.3) is 0 Å². The van der Waals surface area contributed by atoms with E-state index in [1.54, 1.807) is 0 Å². The first-order valence-corrected chi connectivity index (χ1v) is 21.4. The van der Waals surface area contributed by atoms with Crippen LogP contribution in [0.4, 0.5) is 0 Å². The van der Waals surface area contributed by atoms with Crippen LogP contribution in [0, 0.1) is 0 Å². The fraction of sp³-hybridized carbons (Fsp3) is 0.121. The van der Waals surface area contributed by atoms with Crippen molar-refractivity contribution in [3.63, 3.8) is 0 Å². The van der Waals surface area contributed by atoms with E-state index in [9.17, 15) is 0 Å². The van der Waals surface area contributed by atoms with Gasteiger partial charge >= 0.3 is 0 Å². The van der Waals surface area contributed by atoms with Gasteiger partial charge in [-0.05, 0) is 108 Å². The molecule has 0 atom stereocenters. The minimum atomic E-state index is -0.140. The zero-order valence-corrected chi connectivity index (χ0v) is 34.8. The molecule has 12 rings (SSSR count). The quantitative estimate of drug-likeness (QED) is 0.175. The molecule has 0 fully saturated rings. The summed E-state index contributed by atoms with van der Waals surface area (Å²) in [5, 5.41) is 0. The number of nitrogens with zero attached hydrogens (tertiary/aromatic N) is 3. The van der Waals surface area contributed by atoms with Crippen LogP contribution in [0.2, 0.25) is 0 Å². The zero-order valence-electron chi connectivity index (χ0n) is 34.8. The molecule has 0 N–H and O–H groups in total. The summed E-state index contributed by atoms with van der Waals surface area (Å²) >= 11 is 0. The summed E-state index contributed by atoms with van der Waals surface area (Å²) in [5.41, 5.74) is 23.6. The molecule has 1 heterocycles. The lowest BCUT2D eigenvalue weighted by atomic mass is 9.82. The second kappa shape index (κ2) is 13.1. The fourth-order valence-corrected chi connectivity index (χ4v) is 10.6. The molecule has 9 aromatic rings. The van der Waals surface area contributed by atoms with E-state index in [0.717, 1.165) is 23.1 Å². The maximum absolute atomic E-state index is 5.28. The first kappa shape index (κ1) is 35.7. The van der Waals surface area contributed by atoms with Crippen LogP contribution in [0.15, 0.2) is 176 Å². The molecule has 0 radical (unpaired) electrons. The average molecular weight is 782 g/mol. The predicted octanol–water partition coefficient (Wildman–Crippen LogP) is 14.4. The Bertz CT molecular complexity index is 3140. The van der Waals surface area contributed by atoms with Crippen LogP contribution in [0.5, 0.6) is 0 Å². The molecule has 0 spiro atoms. The molecule has 3 nitrogen and oxygen atoms in total. The molecule has 3 aliphatic rings. The Morgan fingerprint density at radius 3 is 1.16 bits per heavy atom. The molecule has 1 aromatic heterocycles. The van der Waals surface area contributed by atoms with E-state index in [2.05, 4.69) is 204 Å². The Labute approximate surface area is 357 Å². The standard InChI is InChI=1S/C58H43N3/c1-57(2)50-22-10-8-16-44(50)46-30-28-38(32-52(46)57)55-59-54(60-56(61-55)39-29-31-47-45-17-9-11-23-51(45)58(3,4)53(47)33-39)37-26-24-36(25-27-37)41-19-13-21-43-42-20-12-18-40(48(42)34-49(41)43)35-14-6-5-7-15-35/h5-33H,34H2,1-4H3. The van der Waals surface area contributed by atoms with Gasteiger partial charge < -0.3 is 0 Å². The molecule has 0 unspecified atom stereocenters. The van der Waals surface area contributed by atoms with Crippen LogP contribution >= 0.6 is 0 Å². The number of rotatable bonds is 5. The number of fused-ring (bicyclic) bond motifs is 9. The molecule has 290 valence electrons. The highest BCUT2D eigenvalue weighted by molar-refractivity contribution is 5.90. The highest BCUT2D eigenvalue weighted by Gasteiger charge is 2.37. The Kier molecular flexibility index (Phi) is 7.68. The molecular weight excluding hydrogens is 739 g/mol. The van der Waals surface area contributed by atoms with Crippen molar-refractivity contribution in [2.24, 2.45) is 0 Å². The van der Waals surface area contributed by atoms with Crippen LogP contribution in [0.3, 0.4) is 0 Å². The Morgan fingerprint density at radius 2 is 0.656 bits per heavy atom. The van der Waals surface area contributed by atoms with Crippen LogP contribution in [0.1, 0.15) is 61.1 Å². The van der Waals surface area contributed by atoms with Crippen molar-refractivity contribution in [3.8, 4) is 89.8 Å². The smallest absolute Gasteiger partial charge is 0.164 e. The number of hydrogen-bond donors (Lipinski definition) is 0. The summed E-state index contributed by atoms with van der Waals surface area (Å²) in [5.74, 6) is 2.01. The van der Waals surface area contributed by atoms with E-state index >= 15 is 0 Å². The van der Waals surface area contributed by atoms with Gasteiger partial charge in [-0.15, -0.1) is 0 Å². The van der Waals surface area contributed by atoms with Gasteiger partial charge in [-0.3, -0.25) is 0 Å². The van der Waals surface area contributed by atoms with Crippen molar-refractivity contribution in [2.45, 2.75) is 44.9 Å². The van der Waals surface area contributed by atoms with Crippen molar-refractivity contribution in [1.29, 1.82) is 0 Å². The topological polar surface area (TPSA) is 38.7 Å². The summed E-state index contributed by atoms with van der Waals surface area (Å²) < 4.78 is 0. The summed E-state index contributed by atoms with van der Waals surface area (Å²) in [6.07, 6.45) is 0.902. The predicted molar refractivity (Wildman–Crippen MR) is 250 cm³/mol. The number of aromatic nitrogens is 3. The lowest BCUT2D eigenvalue weighted by Gasteiger charge is -2.22. The van der Waals surface area contributed by atoms with Crippen LogP contribution in [-0.2, 0) is 17.3 Å². The van der Waals surface area contributed by atoms with Crippen molar-refractivity contribution >= 4 is 0 Å². The maximum atomic E-state index is 5.28.